The van der Waals surface area contributed by atoms with Crippen LogP contribution in [0.5, 0.6) is 11.5 Å². The topological polar surface area (TPSA) is 84.9 Å². The molecule has 0 radical (unpaired) electrons. The van der Waals surface area contributed by atoms with Crippen molar-refractivity contribution in [1.82, 2.24) is 19.9 Å². The van der Waals surface area contributed by atoms with E-state index in [1.807, 2.05) is 24.3 Å². The van der Waals surface area contributed by atoms with Crippen molar-refractivity contribution in [2.24, 2.45) is 0 Å². The van der Waals surface area contributed by atoms with Crippen molar-refractivity contribution in [3.8, 4) is 22.6 Å². The van der Waals surface area contributed by atoms with Crippen LogP contribution < -0.4 is 14.8 Å². The smallest absolute Gasteiger partial charge is 0.183 e. The molecule has 0 unspecified atom stereocenters. The molecular weight excluding hydrogens is 458 g/mol. The molecule has 176 valence electrons. The molecule has 8 heteroatoms. The van der Waals surface area contributed by atoms with E-state index in [-0.39, 0.29) is 0 Å². The molecule has 3 aromatic carbocycles. The predicted octanol–water partition coefficient (Wildman–Crippen LogP) is 5.84. The van der Waals surface area contributed by atoms with Gasteiger partial charge in [0, 0.05) is 6.54 Å². The van der Waals surface area contributed by atoms with Crippen LogP contribution in [-0.2, 0) is 6.42 Å². The molecular formula is C27H25N5O2S. The maximum atomic E-state index is 5.48. The molecule has 5 aromatic rings. The fraction of sp³-hybridized carbons (Fsp3) is 0.148. The fourth-order valence-electron chi connectivity index (χ4n) is 3.78. The zero-order chi connectivity index (χ0) is 24.0. The van der Waals surface area contributed by atoms with E-state index < -0.39 is 0 Å². The van der Waals surface area contributed by atoms with Crippen molar-refractivity contribution in [3.05, 3.63) is 84.7 Å². The summed E-state index contributed by atoms with van der Waals surface area (Å²) in [5.74, 6) is 2.23. The number of aromatic amines is 1. The van der Waals surface area contributed by atoms with Crippen LogP contribution in [0.4, 0.5) is 5.82 Å². The minimum atomic E-state index is 0.610. The predicted molar refractivity (Wildman–Crippen MR) is 139 cm³/mol. The first kappa shape index (κ1) is 22.7. The number of benzene rings is 3. The van der Waals surface area contributed by atoms with Crippen LogP contribution in [0.2, 0.25) is 0 Å². The number of nitrogens with one attached hydrogen (secondary N) is 2. The average Bonchev–Trinajstić information content (AvgIpc) is 3.33. The first-order valence-corrected chi connectivity index (χ1v) is 12.0. The highest BCUT2D eigenvalue weighted by molar-refractivity contribution is 7.99. The molecule has 0 bridgehead atoms. The molecule has 0 aliphatic carbocycles. The number of H-pyrrole nitrogens is 1. The van der Waals surface area contributed by atoms with Crippen molar-refractivity contribution >= 4 is 28.7 Å². The van der Waals surface area contributed by atoms with E-state index in [1.54, 1.807) is 14.2 Å². The van der Waals surface area contributed by atoms with Crippen LogP contribution in [0, 0.1) is 0 Å². The number of rotatable bonds is 9. The molecule has 0 saturated carbocycles. The Hall–Kier alpha value is -4.04. The van der Waals surface area contributed by atoms with Crippen molar-refractivity contribution < 1.29 is 9.47 Å². The molecule has 7 nitrogen and oxygen atoms in total. The monoisotopic (exact) mass is 483 g/mol. The molecule has 2 aromatic heterocycles. The Morgan fingerprint density at radius 2 is 1.69 bits per heavy atom. The minimum absolute atomic E-state index is 0.610. The van der Waals surface area contributed by atoms with Crippen LogP contribution in [0.15, 0.2) is 89.2 Å². The zero-order valence-electron chi connectivity index (χ0n) is 19.5. The fourth-order valence-corrected chi connectivity index (χ4v) is 4.70. The molecule has 2 heterocycles. The Morgan fingerprint density at radius 3 is 2.46 bits per heavy atom. The lowest BCUT2D eigenvalue weighted by Gasteiger charge is -2.08. The SMILES string of the molecule is COc1ccc(OC)c(Sc2nc3ncnc(NCCc4ccc(-c5ccccc5)cc4)c3[nH]2)c1. The highest BCUT2D eigenvalue weighted by Crippen LogP contribution is 2.37. The van der Waals surface area contributed by atoms with Gasteiger partial charge in [-0.2, -0.15) is 0 Å². The maximum Gasteiger partial charge on any atom is 0.183 e. The Morgan fingerprint density at radius 1 is 0.886 bits per heavy atom. The molecule has 0 atom stereocenters. The Labute approximate surface area is 208 Å². The van der Waals surface area contributed by atoms with E-state index in [2.05, 4.69) is 73.8 Å². The van der Waals surface area contributed by atoms with E-state index >= 15 is 0 Å². The summed E-state index contributed by atoms with van der Waals surface area (Å²) < 4.78 is 10.8. The standard InChI is InChI=1S/C27H25N5O2S/c1-33-21-12-13-22(34-2)23(16-21)35-27-31-24-25(29-17-30-26(24)32-27)28-15-14-18-8-10-20(11-9-18)19-6-4-3-5-7-19/h3-13,16-17H,14-15H2,1-2H3,(H2,28,29,30,31,32). The van der Waals surface area contributed by atoms with Gasteiger partial charge in [0.15, 0.2) is 16.6 Å². The molecule has 0 aliphatic rings. The van der Waals surface area contributed by atoms with Crippen LogP contribution in [0.1, 0.15) is 5.56 Å². The second-order valence-electron chi connectivity index (χ2n) is 7.82. The molecule has 0 aliphatic heterocycles. The first-order valence-electron chi connectivity index (χ1n) is 11.2. The summed E-state index contributed by atoms with van der Waals surface area (Å²) in [6.07, 6.45) is 2.40. The molecule has 35 heavy (non-hydrogen) atoms. The summed E-state index contributed by atoms with van der Waals surface area (Å²) in [6, 6.07) is 24.7. The maximum absolute atomic E-state index is 5.48. The van der Waals surface area contributed by atoms with Crippen molar-refractivity contribution in [2.75, 3.05) is 26.1 Å². The van der Waals surface area contributed by atoms with E-state index in [9.17, 15) is 0 Å². The number of imidazole rings is 1. The van der Waals surface area contributed by atoms with Crippen molar-refractivity contribution in [3.63, 3.8) is 0 Å². The van der Waals surface area contributed by atoms with Crippen molar-refractivity contribution in [1.29, 1.82) is 0 Å². The van der Waals surface area contributed by atoms with Gasteiger partial charge in [-0.15, -0.1) is 0 Å². The lowest BCUT2D eigenvalue weighted by atomic mass is 10.0. The lowest BCUT2D eigenvalue weighted by molar-refractivity contribution is 0.394. The van der Waals surface area contributed by atoms with Gasteiger partial charge in [0.1, 0.15) is 23.3 Å². The van der Waals surface area contributed by atoms with E-state index in [1.165, 1.54) is 34.8 Å². The van der Waals surface area contributed by atoms with E-state index in [4.69, 9.17) is 9.47 Å². The number of fused-ring (bicyclic) bond motifs is 1. The van der Waals surface area contributed by atoms with Crippen LogP contribution in [-0.4, -0.2) is 40.7 Å². The third-order valence-corrected chi connectivity index (χ3v) is 6.54. The quantitative estimate of drug-likeness (QED) is 0.272. The van der Waals surface area contributed by atoms with Gasteiger partial charge in [0.05, 0.1) is 19.1 Å². The van der Waals surface area contributed by atoms with Crippen LogP contribution in [0.25, 0.3) is 22.3 Å². The highest BCUT2D eigenvalue weighted by atomic mass is 32.2. The third-order valence-electron chi connectivity index (χ3n) is 5.61. The number of anilines is 1. The van der Waals surface area contributed by atoms with Gasteiger partial charge in [-0.05, 0) is 53.1 Å². The van der Waals surface area contributed by atoms with Crippen molar-refractivity contribution in [2.45, 2.75) is 16.5 Å². The van der Waals surface area contributed by atoms with E-state index in [0.29, 0.717) is 10.8 Å². The molecule has 0 spiro atoms. The summed E-state index contributed by atoms with van der Waals surface area (Å²) >= 11 is 1.46. The van der Waals surface area contributed by atoms with Gasteiger partial charge in [0.2, 0.25) is 0 Å². The van der Waals surface area contributed by atoms with Gasteiger partial charge in [0.25, 0.3) is 0 Å². The normalized spacial score (nSPS) is 10.9. The zero-order valence-corrected chi connectivity index (χ0v) is 20.3. The summed E-state index contributed by atoms with van der Waals surface area (Å²) in [5, 5.41) is 4.12. The summed E-state index contributed by atoms with van der Waals surface area (Å²) in [7, 11) is 3.29. The molecule has 2 N–H and O–H groups in total. The number of ether oxygens (including phenoxy) is 2. The summed E-state index contributed by atoms with van der Waals surface area (Å²) in [4.78, 5) is 17.6. The van der Waals surface area contributed by atoms with Crippen LogP contribution in [0.3, 0.4) is 0 Å². The Balaban J connectivity index is 1.27. The number of aromatic nitrogens is 4. The molecule has 0 amide bonds. The van der Waals surface area contributed by atoms with Gasteiger partial charge in [-0.3, -0.25) is 0 Å². The molecule has 0 saturated heterocycles. The number of hydrogen-bond donors (Lipinski definition) is 2. The van der Waals surface area contributed by atoms with Gasteiger partial charge in [-0.25, -0.2) is 15.0 Å². The second kappa shape index (κ2) is 10.5. The first-order chi connectivity index (χ1) is 17.2. The summed E-state index contributed by atoms with van der Waals surface area (Å²) in [5.41, 5.74) is 5.08. The van der Waals surface area contributed by atoms with Crippen LogP contribution >= 0.6 is 11.8 Å². The average molecular weight is 484 g/mol. The number of nitrogens with zero attached hydrogens (tertiary/aromatic N) is 3. The minimum Gasteiger partial charge on any atom is -0.497 e. The Bertz CT molecular complexity index is 1420. The van der Waals surface area contributed by atoms with Gasteiger partial charge in [-0.1, -0.05) is 54.6 Å². The number of methoxy groups -OCH3 is 2. The second-order valence-corrected chi connectivity index (χ2v) is 8.85. The number of hydrogen-bond acceptors (Lipinski definition) is 7. The Kier molecular flexibility index (Phi) is 6.81. The summed E-state index contributed by atoms with van der Waals surface area (Å²) in [6.45, 7) is 0.738. The third kappa shape index (κ3) is 5.22. The largest absolute Gasteiger partial charge is 0.497 e. The molecule has 0 fully saturated rings. The van der Waals surface area contributed by atoms with E-state index in [0.717, 1.165) is 40.7 Å². The van der Waals surface area contributed by atoms with Gasteiger partial charge >= 0.3 is 0 Å². The van der Waals surface area contributed by atoms with Gasteiger partial charge < -0.3 is 19.8 Å². The highest BCUT2D eigenvalue weighted by Gasteiger charge is 2.13. The lowest BCUT2D eigenvalue weighted by Crippen LogP contribution is -2.07. The molecule has 5 rings (SSSR count).